The van der Waals surface area contributed by atoms with Crippen LogP contribution in [0.15, 0.2) is 0 Å². The van der Waals surface area contributed by atoms with Crippen molar-refractivity contribution in [3.05, 3.63) is 0 Å². The van der Waals surface area contributed by atoms with E-state index in [1.807, 2.05) is 0 Å². The van der Waals surface area contributed by atoms with Crippen molar-refractivity contribution in [2.24, 2.45) is 5.73 Å². The number of carbonyl (C=O) groups excluding carboxylic acids is 1. The first-order chi connectivity index (χ1) is 8.26. The van der Waals surface area contributed by atoms with Crippen LogP contribution in [0, 0.1) is 0 Å². The zero-order chi connectivity index (χ0) is 12.5. The molecule has 0 spiro atoms. The number of carbonyl (C=O) groups is 1. The largest absolute Gasteiger partial charge is 0.372 e. The van der Waals surface area contributed by atoms with Crippen LogP contribution in [0.5, 0.6) is 0 Å². The smallest absolute Gasteiger partial charge is 0.204 e. The fourth-order valence-electron chi connectivity index (χ4n) is 2.84. The molecule has 1 saturated carbocycles. The lowest BCUT2D eigenvalue weighted by Crippen LogP contribution is -2.33. The van der Waals surface area contributed by atoms with Gasteiger partial charge in [0.2, 0.25) is 6.41 Å². The molecule has 2 atom stereocenters. The molecule has 2 unspecified atom stereocenters. The summed E-state index contributed by atoms with van der Waals surface area (Å²) in [6.45, 7) is 3.51. The molecular formula is C13H27N3O. The fourth-order valence-corrected chi connectivity index (χ4v) is 2.84. The molecule has 100 valence electrons. The lowest BCUT2D eigenvalue weighted by Gasteiger charge is -2.15. The van der Waals surface area contributed by atoms with E-state index in [1.54, 1.807) is 0 Å². The zero-order valence-electron chi connectivity index (χ0n) is 11.0. The molecule has 2 fully saturated rings. The molecular weight excluding hydrogens is 214 g/mol. The highest BCUT2D eigenvalue weighted by Gasteiger charge is 2.20. The van der Waals surface area contributed by atoms with Gasteiger partial charge in [-0.3, -0.25) is 4.79 Å². The number of primary amides is 1. The van der Waals surface area contributed by atoms with Gasteiger partial charge in [0.25, 0.3) is 0 Å². The van der Waals surface area contributed by atoms with Crippen LogP contribution in [-0.2, 0) is 4.79 Å². The minimum Gasteiger partial charge on any atom is -0.372 e. The maximum Gasteiger partial charge on any atom is 0.204 e. The number of rotatable bonds is 4. The monoisotopic (exact) mass is 241 g/mol. The molecule has 1 aliphatic heterocycles. The van der Waals surface area contributed by atoms with E-state index >= 15 is 0 Å². The van der Waals surface area contributed by atoms with Gasteiger partial charge in [-0.1, -0.05) is 12.8 Å². The highest BCUT2D eigenvalue weighted by molar-refractivity contribution is 5.42. The van der Waals surface area contributed by atoms with Gasteiger partial charge in [-0.25, -0.2) is 0 Å². The van der Waals surface area contributed by atoms with Crippen molar-refractivity contribution in [3.8, 4) is 0 Å². The van der Waals surface area contributed by atoms with Crippen molar-refractivity contribution in [1.29, 1.82) is 0 Å². The van der Waals surface area contributed by atoms with E-state index in [-0.39, 0.29) is 6.41 Å². The lowest BCUT2D eigenvalue weighted by atomic mass is 10.1. The summed E-state index contributed by atoms with van der Waals surface area (Å²) in [6, 6.07) is 2.39. The molecule has 0 aromatic heterocycles. The Morgan fingerprint density at radius 1 is 1.29 bits per heavy atom. The number of nitrogens with one attached hydrogen (secondary N) is 2. The van der Waals surface area contributed by atoms with E-state index in [2.05, 4.69) is 23.3 Å². The number of nitrogens with two attached hydrogens (primary N) is 1. The van der Waals surface area contributed by atoms with Gasteiger partial charge >= 0.3 is 0 Å². The van der Waals surface area contributed by atoms with Crippen molar-refractivity contribution in [3.63, 3.8) is 0 Å². The van der Waals surface area contributed by atoms with Crippen LogP contribution < -0.4 is 16.4 Å². The SMILES string of the molecule is CC1CCC(CCNC2CCCC2)N1.NC=O. The van der Waals surface area contributed by atoms with E-state index in [1.165, 1.54) is 51.5 Å². The van der Waals surface area contributed by atoms with Crippen molar-refractivity contribution in [2.45, 2.75) is 70.0 Å². The Kier molecular flexibility index (Phi) is 7.21. The molecule has 2 rings (SSSR count). The van der Waals surface area contributed by atoms with E-state index in [9.17, 15) is 0 Å². The summed E-state index contributed by atoms with van der Waals surface area (Å²) in [5.41, 5.74) is 4.17. The quantitative estimate of drug-likeness (QED) is 0.647. The van der Waals surface area contributed by atoms with Gasteiger partial charge in [-0.15, -0.1) is 0 Å². The summed E-state index contributed by atoms with van der Waals surface area (Å²) in [4.78, 5) is 8.58. The second-order valence-corrected chi connectivity index (χ2v) is 5.20. The van der Waals surface area contributed by atoms with Crippen molar-refractivity contribution >= 4 is 6.41 Å². The first-order valence-electron chi connectivity index (χ1n) is 6.91. The molecule has 1 saturated heterocycles. The summed E-state index contributed by atoms with van der Waals surface area (Å²) in [5, 5.41) is 7.32. The van der Waals surface area contributed by atoms with Gasteiger partial charge in [0.1, 0.15) is 0 Å². The molecule has 2 aliphatic rings. The highest BCUT2D eigenvalue weighted by atomic mass is 16.1. The normalized spacial score (nSPS) is 28.8. The molecule has 0 bridgehead atoms. The summed E-state index contributed by atoms with van der Waals surface area (Å²) >= 11 is 0. The van der Waals surface area contributed by atoms with Crippen LogP contribution in [0.1, 0.15) is 51.9 Å². The van der Waals surface area contributed by atoms with E-state index in [0.29, 0.717) is 0 Å². The number of hydrogen-bond donors (Lipinski definition) is 3. The molecule has 4 heteroatoms. The van der Waals surface area contributed by atoms with Crippen LogP contribution in [0.4, 0.5) is 0 Å². The van der Waals surface area contributed by atoms with E-state index in [4.69, 9.17) is 4.79 Å². The summed E-state index contributed by atoms with van der Waals surface area (Å²) in [7, 11) is 0. The van der Waals surface area contributed by atoms with Crippen LogP contribution in [-0.4, -0.2) is 31.1 Å². The molecule has 1 heterocycles. The molecule has 17 heavy (non-hydrogen) atoms. The minimum atomic E-state index is 0.250. The van der Waals surface area contributed by atoms with Crippen LogP contribution in [0.2, 0.25) is 0 Å². The average molecular weight is 241 g/mol. The van der Waals surface area contributed by atoms with E-state index < -0.39 is 0 Å². The number of hydrogen-bond acceptors (Lipinski definition) is 3. The third-order valence-corrected chi connectivity index (χ3v) is 3.75. The minimum absolute atomic E-state index is 0.250. The third kappa shape index (κ3) is 6.03. The zero-order valence-corrected chi connectivity index (χ0v) is 11.0. The molecule has 1 aliphatic carbocycles. The Labute approximate surface area is 105 Å². The molecule has 1 amide bonds. The Bertz CT molecular complexity index is 205. The standard InChI is InChI=1S/C12H24N2.CH3NO/c1-10-6-7-12(14-10)8-9-13-11-4-2-3-5-11;2-1-3/h10-14H,2-9H2,1H3;1H,(H2,2,3). The summed E-state index contributed by atoms with van der Waals surface area (Å²) in [6.07, 6.45) is 10.0. The molecule has 4 nitrogen and oxygen atoms in total. The first kappa shape index (κ1) is 14.5. The van der Waals surface area contributed by atoms with Crippen molar-refractivity contribution < 1.29 is 4.79 Å². The number of amides is 1. The summed E-state index contributed by atoms with van der Waals surface area (Å²) in [5.74, 6) is 0. The maximum atomic E-state index is 8.58. The first-order valence-corrected chi connectivity index (χ1v) is 6.91. The lowest BCUT2D eigenvalue weighted by molar-refractivity contribution is -0.106. The van der Waals surface area contributed by atoms with Crippen molar-refractivity contribution in [2.75, 3.05) is 6.54 Å². The van der Waals surface area contributed by atoms with Crippen LogP contribution >= 0.6 is 0 Å². The van der Waals surface area contributed by atoms with Crippen LogP contribution in [0.3, 0.4) is 0 Å². The second-order valence-electron chi connectivity index (χ2n) is 5.20. The Hall–Kier alpha value is -0.610. The molecule has 0 aromatic carbocycles. The van der Waals surface area contributed by atoms with Gasteiger partial charge in [0.05, 0.1) is 0 Å². The third-order valence-electron chi connectivity index (χ3n) is 3.75. The van der Waals surface area contributed by atoms with Crippen LogP contribution in [0.25, 0.3) is 0 Å². The predicted octanol–water partition coefficient (Wildman–Crippen LogP) is 1.15. The van der Waals surface area contributed by atoms with Gasteiger partial charge in [-0.2, -0.15) is 0 Å². The summed E-state index contributed by atoms with van der Waals surface area (Å²) < 4.78 is 0. The van der Waals surface area contributed by atoms with Gasteiger partial charge in [0.15, 0.2) is 0 Å². The topological polar surface area (TPSA) is 67.2 Å². The average Bonchev–Trinajstić information content (AvgIpc) is 2.92. The Morgan fingerprint density at radius 2 is 1.94 bits per heavy atom. The van der Waals surface area contributed by atoms with Crippen molar-refractivity contribution in [1.82, 2.24) is 10.6 Å². The van der Waals surface area contributed by atoms with Gasteiger partial charge in [0, 0.05) is 18.1 Å². The fraction of sp³-hybridized carbons (Fsp3) is 0.923. The van der Waals surface area contributed by atoms with Gasteiger partial charge < -0.3 is 16.4 Å². The molecule has 0 radical (unpaired) electrons. The molecule has 4 N–H and O–H groups in total. The van der Waals surface area contributed by atoms with E-state index in [0.717, 1.165) is 18.1 Å². The Morgan fingerprint density at radius 3 is 2.47 bits per heavy atom. The van der Waals surface area contributed by atoms with Gasteiger partial charge in [-0.05, 0) is 45.6 Å². The maximum absolute atomic E-state index is 8.58. The second kappa shape index (κ2) is 8.48. The molecule has 0 aromatic rings. The highest BCUT2D eigenvalue weighted by Crippen LogP contribution is 2.18. The Balaban J connectivity index is 0.000000437. The predicted molar refractivity (Wildman–Crippen MR) is 70.7 cm³/mol.